The second-order valence-electron chi connectivity index (χ2n) is 2.46. The molecule has 0 N–H and O–H groups in total. The summed E-state index contributed by atoms with van der Waals surface area (Å²) in [4.78, 5) is 13.7. The third-order valence-corrected chi connectivity index (χ3v) is 2.16. The number of halogens is 4. The second kappa shape index (κ2) is 4.54. The van der Waals surface area contributed by atoms with Gasteiger partial charge in [-0.3, -0.25) is 4.79 Å². The second-order valence-corrected chi connectivity index (χ2v) is 3.02. The summed E-state index contributed by atoms with van der Waals surface area (Å²) in [5.74, 6) is -1.16. The Kier molecular flexibility index (Phi) is 3.62. The smallest absolute Gasteiger partial charge is 0.264 e. The van der Waals surface area contributed by atoms with Crippen LogP contribution in [0.5, 0.6) is 0 Å². The molecule has 0 bridgehead atoms. The summed E-state index contributed by atoms with van der Waals surface area (Å²) < 4.78 is 37.6. The molecule has 0 unspecified atom stereocenters. The molecule has 0 aliphatic rings. The van der Waals surface area contributed by atoms with Gasteiger partial charge in [0.25, 0.3) is 6.43 Å². The summed E-state index contributed by atoms with van der Waals surface area (Å²) in [5.41, 5.74) is -1.17. The predicted molar refractivity (Wildman–Crippen MR) is 47.2 cm³/mol. The molecule has 0 aromatic carbocycles. The lowest BCUT2D eigenvalue weighted by Crippen LogP contribution is -2.03. The van der Waals surface area contributed by atoms with E-state index in [4.69, 9.17) is 0 Å². The Hall–Kier alpha value is -0.910. The van der Waals surface area contributed by atoms with Gasteiger partial charge in [-0.05, 0) is 6.07 Å². The number of pyridine rings is 1. The van der Waals surface area contributed by atoms with Gasteiger partial charge < -0.3 is 0 Å². The third kappa shape index (κ3) is 2.12. The molecule has 0 amide bonds. The summed E-state index contributed by atoms with van der Waals surface area (Å²) in [6, 6.07) is 1.01. The molecule has 1 aromatic heterocycles. The fraction of sp³-hybridized carbons (Fsp3) is 0.250. The van der Waals surface area contributed by atoms with Crippen molar-refractivity contribution in [3.05, 3.63) is 28.8 Å². The highest BCUT2D eigenvalue weighted by Gasteiger charge is 2.18. The van der Waals surface area contributed by atoms with Gasteiger partial charge in [0, 0.05) is 10.9 Å². The lowest BCUT2D eigenvalue weighted by Gasteiger charge is -2.05. The molecule has 0 saturated heterocycles. The molecule has 0 atom stereocenters. The molecule has 2 nitrogen and oxygen atoms in total. The van der Waals surface area contributed by atoms with E-state index in [-0.39, 0.29) is 17.3 Å². The number of hydrogen-bond donors (Lipinski definition) is 0. The molecule has 0 spiro atoms. The monoisotopic (exact) mass is 267 g/mol. The third-order valence-electron chi connectivity index (χ3n) is 1.59. The largest absolute Gasteiger partial charge is 0.298 e. The highest BCUT2D eigenvalue weighted by atomic mass is 79.9. The first-order chi connectivity index (χ1) is 6.60. The lowest BCUT2D eigenvalue weighted by atomic mass is 10.1. The van der Waals surface area contributed by atoms with Crippen molar-refractivity contribution in [3.8, 4) is 0 Å². The Balaban J connectivity index is 3.35. The molecule has 0 fully saturated rings. The van der Waals surface area contributed by atoms with Crippen LogP contribution in [-0.2, 0) is 5.33 Å². The van der Waals surface area contributed by atoms with Crippen molar-refractivity contribution in [2.45, 2.75) is 11.8 Å². The number of aldehydes is 1. The maximum absolute atomic E-state index is 13.0. The van der Waals surface area contributed by atoms with E-state index >= 15 is 0 Å². The molecular weight excluding hydrogens is 263 g/mol. The first-order valence-electron chi connectivity index (χ1n) is 3.58. The summed E-state index contributed by atoms with van der Waals surface area (Å²) >= 11 is 2.96. The zero-order chi connectivity index (χ0) is 10.7. The molecule has 1 heterocycles. The van der Waals surface area contributed by atoms with Crippen LogP contribution >= 0.6 is 15.9 Å². The number of rotatable bonds is 3. The molecule has 1 rings (SSSR count). The number of hydrogen-bond acceptors (Lipinski definition) is 2. The van der Waals surface area contributed by atoms with Gasteiger partial charge in [0.2, 0.25) is 5.95 Å². The Morgan fingerprint density at radius 1 is 1.57 bits per heavy atom. The van der Waals surface area contributed by atoms with Crippen molar-refractivity contribution in [3.63, 3.8) is 0 Å². The Morgan fingerprint density at radius 2 is 2.21 bits per heavy atom. The van der Waals surface area contributed by atoms with Gasteiger partial charge in [0.15, 0.2) is 6.29 Å². The minimum absolute atomic E-state index is 0.0435. The average Bonchev–Trinajstić information content (AvgIpc) is 2.16. The lowest BCUT2D eigenvalue weighted by molar-refractivity contribution is 0.110. The molecule has 76 valence electrons. The number of carbonyl (C=O) groups is 1. The van der Waals surface area contributed by atoms with Gasteiger partial charge >= 0.3 is 0 Å². The van der Waals surface area contributed by atoms with Crippen LogP contribution in [0.2, 0.25) is 0 Å². The van der Waals surface area contributed by atoms with E-state index in [0.29, 0.717) is 0 Å². The van der Waals surface area contributed by atoms with Crippen LogP contribution in [-0.4, -0.2) is 11.3 Å². The number of alkyl halides is 3. The minimum Gasteiger partial charge on any atom is -0.298 e. The van der Waals surface area contributed by atoms with Crippen LogP contribution in [0, 0.1) is 5.95 Å². The summed E-state index contributed by atoms with van der Waals surface area (Å²) in [5, 5.41) is 0.156. The fourth-order valence-electron chi connectivity index (χ4n) is 0.961. The first-order valence-corrected chi connectivity index (χ1v) is 4.71. The van der Waals surface area contributed by atoms with E-state index < -0.39 is 23.5 Å². The normalized spacial score (nSPS) is 10.6. The molecule has 1 aromatic rings. The number of nitrogens with zero attached hydrogens (tertiary/aromatic N) is 1. The van der Waals surface area contributed by atoms with Crippen molar-refractivity contribution in [1.29, 1.82) is 0 Å². The zero-order valence-corrected chi connectivity index (χ0v) is 8.39. The molecule has 14 heavy (non-hydrogen) atoms. The van der Waals surface area contributed by atoms with Crippen LogP contribution in [0.25, 0.3) is 0 Å². The molecule has 0 saturated carbocycles. The SMILES string of the molecule is O=Cc1c(C(F)F)cc(CBr)nc1F. The topological polar surface area (TPSA) is 30.0 Å². The molecular formula is C8H5BrF3NO. The van der Waals surface area contributed by atoms with E-state index in [1.54, 1.807) is 0 Å². The summed E-state index contributed by atoms with van der Waals surface area (Å²) in [7, 11) is 0. The maximum Gasteiger partial charge on any atom is 0.264 e. The predicted octanol–water partition coefficient (Wildman–Crippen LogP) is 2.87. The van der Waals surface area contributed by atoms with Crippen LogP contribution in [0.15, 0.2) is 6.07 Å². The zero-order valence-electron chi connectivity index (χ0n) is 6.81. The molecule has 6 heteroatoms. The molecule has 0 aliphatic carbocycles. The van der Waals surface area contributed by atoms with Crippen molar-refractivity contribution in [2.75, 3.05) is 0 Å². The van der Waals surface area contributed by atoms with Crippen LogP contribution in [0.4, 0.5) is 13.2 Å². The van der Waals surface area contributed by atoms with Gasteiger partial charge in [-0.15, -0.1) is 0 Å². The van der Waals surface area contributed by atoms with Crippen molar-refractivity contribution in [2.24, 2.45) is 0 Å². The van der Waals surface area contributed by atoms with Crippen molar-refractivity contribution >= 4 is 22.2 Å². The first kappa shape index (κ1) is 11.2. The van der Waals surface area contributed by atoms with Gasteiger partial charge in [-0.1, -0.05) is 15.9 Å². The van der Waals surface area contributed by atoms with Crippen LogP contribution in [0.3, 0.4) is 0 Å². The van der Waals surface area contributed by atoms with Crippen molar-refractivity contribution < 1.29 is 18.0 Å². The fourth-order valence-corrected chi connectivity index (χ4v) is 1.25. The van der Waals surface area contributed by atoms with E-state index in [1.807, 2.05) is 0 Å². The average molecular weight is 268 g/mol. The van der Waals surface area contributed by atoms with E-state index in [0.717, 1.165) is 6.07 Å². The number of carbonyl (C=O) groups excluding carboxylic acids is 1. The van der Waals surface area contributed by atoms with E-state index in [9.17, 15) is 18.0 Å². The Bertz CT molecular complexity index is 357. The molecule has 0 aliphatic heterocycles. The summed E-state index contributed by atoms with van der Waals surface area (Å²) in [6.45, 7) is 0. The maximum atomic E-state index is 13.0. The van der Waals surface area contributed by atoms with Crippen LogP contribution in [0.1, 0.15) is 28.0 Å². The summed E-state index contributed by atoms with van der Waals surface area (Å²) in [6.07, 6.45) is -2.84. The van der Waals surface area contributed by atoms with Crippen molar-refractivity contribution in [1.82, 2.24) is 4.98 Å². The number of aromatic nitrogens is 1. The van der Waals surface area contributed by atoms with Crippen LogP contribution < -0.4 is 0 Å². The van der Waals surface area contributed by atoms with E-state index in [1.165, 1.54) is 0 Å². The standard InChI is InChI=1S/C8H5BrF3NO/c9-2-4-1-5(7(10)11)6(3-14)8(12)13-4/h1,3,7H,2H2. The highest BCUT2D eigenvalue weighted by molar-refractivity contribution is 9.08. The Morgan fingerprint density at radius 3 is 2.64 bits per heavy atom. The van der Waals surface area contributed by atoms with E-state index in [2.05, 4.69) is 20.9 Å². The highest BCUT2D eigenvalue weighted by Crippen LogP contribution is 2.24. The van der Waals surface area contributed by atoms with Gasteiger partial charge in [0.05, 0.1) is 11.3 Å². The van der Waals surface area contributed by atoms with Gasteiger partial charge in [-0.2, -0.15) is 4.39 Å². The van der Waals surface area contributed by atoms with Gasteiger partial charge in [-0.25, -0.2) is 13.8 Å². The minimum atomic E-state index is -2.88. The van der Waals surface area contributed by atoms with Gasteiger partial charge in [0.1, 0.15) is 0 Å². The Labute approximate surface area is 86.3 Å². The quantitative estimate of drug-likeness (QED) is 0.479. The molecule has 0 radical (unpaired) electrons.